The van der Waals surface area contributed by atoms with Crippen molar-refractivity contribution in [3.05, 3.63) is 83.0 Å². The zero-order chi connectivity index (χ0) is 23.4. The van der Waals surface area contributed by atoms with Crippen LogP contribution in [0.15, 0.2) is 69.1 Å². The average molecular weight is 480 g/mol. The molecule has 2 aromatic heterocycles. The Morgan fingerprint density at radius 3 is 2.61 bits per heavy atom. The van der Waals surface area contributed by atoms with Crippen LogP contribution in [0.1, 0.15) is 33.2 Å². The van der Waals surface area contributed by atoms with Crippen LogP contribution in [0.3, 0.4) is 0 Å². The Hall–Kier alpha value is -2.97. The van der Waals surface area contributed by atoms with Crippen molar-refractivity contribution in [3.63, 3.8) is 0 Å². The number of Topliss-reactive ketones (excluding diaryl/α,β-unsaturated/α-hetero) is 1. The third-order valence-corrected chi connectivity index (χ3v) is 6.88. The number of carbonyl (C=O) groups excluding carboxylic acids is 1. The van der Waals surface area contributed by atoms with Crippen molar-refractivity contribution >= 4 is 29.3 Å². The number of ether oxygens (including phenoxy) is 1. The number of thioether (sulfide) groups is 2. The van der Waals surface area contributed by atoms with Crippen LogP contribution in [-0.2, 0) is 6.42 Å². The number of ketones is 1. The molecule has 0 saturated heterocycles. The Kier molecular flexibility index (Phi) is 7.25. The maximum Gasteiger partial charge on any atom is 0.277 e. The first-order chi connectivity index (χ1) is 16.0. The Labute approximate surface area is 201 Å². The van der Waals surface area contributed by atoms with Gasteiger partial charge in [0, 0.05) is 27.5 Å². The molecular formula is C25H25N3O3S2. The second kappa shape index (κ2) is 10.3. The molecule has 170 valence electrons. The van der Waals surface area contributed by atoms with Gasteiger partial charge in [-0.25, -0.2) is 0 Å². The van der Waals surface area contributed by atoms with E-state index < -0.39 is 0 Å². The molecule has 2 heterocycles. The quantitative estimate of drug-likeness (QED) is 0.223. The van der Waals surface area contributed by atoms with E-state index in [-0.39, 0.29) is 11.5 Å². The van der Waals surface area contributed by atoms with Gasteiger partial charge in [-0.15, -0.1) is 22.0 Å². The predicted octanol–water partition coefficient (Wildman–Crippen LogP) is 5.77. The molecule has 8 heteroatoms. The number of hydrogen-bond donors (Lipinski definition) is 0. The fraction of sp³-hybridized carbons (Fsp3) is 0.240. The van der Waals surface area contributed by atoms with E-state index in [2.05, 4.69) is 39.2 Å². The number of rotatable bonds is 9. The molecule has 33 heavy (non-hydrogen) atoms. The zero-order valence-corrected chi connectivity index (χ0v) is 20.6. The van der Waals surface area contributed by atoms with Crippen molar-refractivity contribution in [1.29, 1.82) is 0 Å². The van der Waals surface area contributed by atoms with Gasteiger partial charge in [-0.05, 0) is 62.1 Å². The minimum absolute atomic E-state index is 0.0373. The molecule has 4 aromatic rings. The Morgan fingerprint density at radius 1 is 1.09 bits per heavy atom. The average Bonchev–Trinajstić information content (AvgIpc) is 3.41. The predicted molar refractivity (Wildman–Crippen MR) is 132 cm³/mol. The van der Waals surface area contributed by atoms with Crippen molar-refractivity contribution in [1.82, 2.24) is 14.8 Å². The Bertz CT molecular complexity index is 1260. The summed E-state index contributed by atoms with van der Waals surface area (Å²) < 4.78 is 13.0. The van der Waals surface area contributed by atoms with Crippen molar-refractivity contribution in [2.75, 3.05) is 19.1 Å². The minimum atomic E-state index is 0.0373. The van der Waals surface area contributed by atoms with Crippen molar-refractivity contribution in [3.8, 4) is 11.4 Å². The van der Waals surface area contributed by atoms with Gasteiger partial charge in [-0.2, -0.15) is 0 Å². The molecule has 0 spiro atoms. The second-order valence-corrected chi connectivity index (χ2v) is 9.33. The third kappa shape index (κ3) is 5.34. The summed E-state index contributed by atoms with van der Waals surface area (Å²) in [5.41, 5.74) is 4.78. The summed E-state index contributed by atoms with van der Waals surface area (Å²) in [7, 11) is 1.64. The van der Waals surface area contributed by atoms with Gasteiger partial charge in [-0.3, -0.25) is 4.79 Å². The van der Waals surface area contributed by atoms with Crippen molar-refractivity contribution in [2.24, 2.45) is 0 Å². The molecule has 0 aliphatic heterocycles. The van der Waals surface area contributed by atoms with Crippen LogP contribution in [0, 0.1) is 13.8 Å². The highest BCUT2D eigenvalue weighted by Crippen LogP contribution is 2.26. The summed E-state index contributed by atoms with van der Waals surface area (Å²) in [6, 6.07) is 18.0. The van der Waals surface area contributed by atoms with E-state index in [0.29, 0.717) is 23.1 Å². The van der Waals surface area contributed by atoms with E-state index in [1.54, 1.807) is 18.9 Å². The van der Waals surface area contributed by atoms with Gasteiger partial charge in [0.1, 0.15) is 5.75 Å². The standard InChI is InChI=1S/C25H25N3O3S2/c1-16-12-22(17(2)28(16)19-6-5-7-21(14-19)32-4)23(29)15-33-25-27-26-24(31-25)13-18-8-10-20(30-3)11-9-18/h5-12,14H,13,15H2,1-4H3. The topological polar surface area (TPSA) is 70.2 Å². The van der Waals surface area contributed by atoms with Crippen LogP contribution in [-0.4, -0.2) is 39.7 Å². The SMILES string of the molecule is COc1ccc(Cc2nnc(SCC(=O)c3cc(C)n(-c4cccc(SC)c4)c3C)o2)cc1. The number of benzene rings is 2. The number of carbonyl (C=O) groups is 1. The van der Waals surface area contributed by atoms with Crippen molar-refractivity contribution < 1.29 is 13.9 Å². The summed E-state index contributed by atoms with van der Waals surface area (Å²) in [4.78, 5) is 14.2. The molecule has 0 aliphatic rings. The third-order valence-electron chi connectivity index (χ3n) is 5.33. The highest BCUT2D eigenvalue weighted by atomic mass is 32.2. The van der Waals surface area contributed by atoms with Crippen LogP contribution in [0.4, 0.5) is 0 Å². The van der Waals surface area contributed by atoms with Gasteiger partial charge >= 0.3 is 0 Å². The fourth-order valence-corrected chi connectivity index (χ4v) is 4.80. The van der Waals surface area contributed by atoms with Gasteiger partial charge in [0.05, 0.1) is 19.3 Å². The largest absolute Gasteiger partial charge is 0.497 e. The van der Waals surface area contributed by atoms with E-state index in [9.17, 15) is 4.79 Å². The molecule has 4 rings (SSSR count). The molecule has 6 nitrogen and oxygen atoms in total. The summed E-state index contributed by atoms with van der Waals surface area (Å²) in [6.07, 6.45) is 2.59. The highest BCUT2D eigenvalue weighted by molar-refractivity contribution is 7.99. The molecule has 0 amide bonds. The van der Waals surface area contributed by atoms with E-state index in [1.165, 1.54) is 16.7 Å². The Morgan fingerprint density at radius 2 is 1.88 bits per heavy atom. The first-order valence-electron chi connectivity index (χ1n) is 10.4. The first kappa shape index (κ1) is 23.2. The van der Waals surface area contributed by atoms with E-state index in [4.69, 9.17) is 9.15 Å². The summed E-state index contributed by atoms with van der Waals surface area (Å²) in [5.74, 6) is 1.59. The molecule has 0 saturated carbocycles. The summed E-state index contributed by atoms with van der Waals surface area (Å²) in [6.45, 7) is 4.00. The smallest absolute Gasteiger partial charge is 0.277 e. The van der Waals surface area contributed by atoms with Gasteiger partial charge < -0.3 is 13.7 Å². The molecule has 0 unspecified atom stereocenters. The van der Waals surface area contributed by atoms with E-state index in [1.807, 2.05) is 50.2 Å². The zero-order valence-electron chi connectivity index (χ0n) is 19.0. The lowest BCUT2D eigenvalue weighted by atomic mass is 10.1. The van der Waals surface area contributed by atoms with Gasteiger partial charge in [0.25, 0.3) is 5.22 Å². The molecule has 0 radical (unpaired) electrons. The molecule has 0 fully saturated rings. The number of methoxy groups -OCH3 is 1. The lowest BCUT2D eigenvalue weighted by Gasteiger charge is -2.11. The molecule has 0 bridgehead atoms. The van der Waals surface area contributed by atoms with Crippen LogP contribution < -0.4 is 4.74 Å². The van der Waals surface area contributed by atoms with Gasteiger partial charge in [0.2, 0.25) is 5.89 Å². The lowest BCUT2D eigenvalue weighted by Crippen LogP contribution is -2.05. The normalized spacial score (nSPS) is 11.0. The molecule has 0 N–H and O–H groups in total. The maximum atomic E-state index is 13.0. The fourth-order valence-electron chi connectivity index (χ4n) is 3.68. The number of hydrogen-bond acceptors (Lipinski definition) is 7. The van der Waals surface area contributed by atoms with Crippen LogP contribution >= 0.6 is 23.5 Å². The van der Waals surface area contributed by atoms with Gasteiger partial charge in [-0.1, -0.05) is 30.0 Å². The van der Waals surface area contributed by atoms with Crippen LogP contribution in [0.25, 0.3) is 5.69 Å². The van der Waals surface area contributed by atoms with Gasteiger partial charge in [0.15, 0.2) is 5.78 Å². The lowest BCUT2D eigenvalue weighted by molar-refractivity contribution is 0.102. The minimum Gasteiger partial charge on any atom is -0.497 e. The van der Waals surface area contributed by atoms with Crippen LogP contribution in [0.2, 0.25) is 0 Å². The number of nitrogens with zero attached hydrogens (tertiary/aromatic N) is 3. The molecule has 0 atom stereocenters. The maximum absolute atomic E-state index is 13.0. The second-order valence-electron chi connectivity index (χ2n) is 7.52. The highest BCUT2D eigenvalue weighted by Gasteiger charge is 2.18. The van der Waals surface area contributed by atoms with E-state index in [0.717, 1.165) is 28.4 Å². The summed E-state index contributed by atoms with van der Waals surface area (Å²) in [5, 5.41) is 8.59. The number of aromatic nitrogens is 3. The van der Waals surface area contributed by atoms with E-state index >= 15 is 0 Å². The Balaban J connectivity index is 1.42. The molecular weight excluding hydrogens is 454 g/mol. The first-order valence-corrected chi connectivity index (χ1v) is 12.6. The van der Waals surface area contributed by atoms with Crippen LogP contribution in [0.5, 0.6) is 5.75 Å². The number of aryl methyl sites for hydroxylation is 1. The summed E-state index contributed by atoms with van der Waals surface area (Å²) >= 11 is 2.96. The monoisotopic (exact) mass is 479 g/mol. The molecule has 0 aliphatic carbocycles. The molecule has 2 aromatic carbocycles. The van der Waals surface area contributed by atoms with Crippen molar-refractivity contribution in [2.45, 2.75) is 30.4 Å².